The fourth-order valence-corrected chi connectivity index (χ4v) is 4.48. The van der Waals surface area contributed by atoms with Gasteiger partial charge in [-0.15, -0.1) is 0 Å². The Morgan fingerprint density at radius 2 is 2.00 bits per heavy atom. The highest BCUT2D eigenvalue weighted by atomic mass is 32.2. The van der Waals surface area contributed by atoms with Crippen LogP contribution in [0.4, 0.5) is 4.39 Å². The molecule has 0 bridgehead atoms. The second-order valence-electron chi connectivity index (χ2n) is 5.20. The van der Waals surface area contributed by atoms with Crippen LogP contribution in [0, 0.1) is 5.82 Å². The molecule has 112 valence electrons. The second-order valence-corrected chi connectivity index (χ2v) is 7.12. The minimum absolute atomic E-state index is 0.0270. The van der Waals surface area contributed by atoms with Crippen LogP contribution in [0.15, 0.2) is 24.3 Å². The van der Waals surface area contributed by atoms with Gasteiger partial charge in [-0.3, -0.25) is 0 Å². The van der Waals surface area contributed by atoms with E-state index in [1.807, 2.05) is 7.05 Å². The quantitative estimate of drug-likeness (QED) is 0.901. The number of likely N-dealkylation sites (N-methyl/N-ethyl adjacent to an activating group) is 1. The standard InChI is InChI=1S/C14H21FN2O2S/c1-16-10-14-4-2-3-9-17(14)20(18,19)11-12-5-7-13(15)8-6-12/h5-8,14,16H,2-4,9-11H2,1H3. The molecule has 1 saturated heterocycles. The van der Waals surface area contributed by atoms with Crippen molar-refractivity contribution in [2.24, 2.45) is 0 Å². The van der Waals surface area contributed by atoms with E-state index in [9.17, 15) is 12.8 Å². The van der Waals surface area contributed by atoms with Gasteiger partial charge in [0, 0.05) is 19.1 Å². The van der Waals surface area contributed by atoms with Gasteiger partial charge in [0.05, 0.1) is 5.75 Å². The van der Waals surface area contributed by atoms with E-state index in [4.69, 9.17) is 0 Å². The van der Waals surface area contributed by atoms with Crippen molar-refractivity contribution >= 4 is 10.0 Å². The van der Waals surface area contributed by atoms with Crippen molar-refractivity contribution in [1.29, 1.82) is 0 Å². The maximum atomic E-state index is 12.9. The Bertz CT molecular complexity index is 529. The Kier molecular flexibility index (Phi) is 5.12. The van der Waals surface area contributed by atoms with Crippen LogP contribution in [-0.2, 0) is 15.8 Å². The molecular weight excluding hydrogens is 279 g/mol. The minimum Gasteiger partial charge on any atom is -0.318 e. The van der Waals surface area contributed by atoms with E-state index in [-0.39, 0.29) is 17.6 Å². The first-order valence-corrected chi connectivity index (χ1v) is 8.52. The smallest absolute Gasteiger partial charge is 0.218 e. The molecule has 0 saturated carbocycles. The molecule has 1 atom stereocenters. The van der Waals surface area contributed by atoms with Crippen LogP contribution >= 0.6 is 0 Å². The Hall–Kier alpha value is -0.980. The van der Waals surface area contributed by atoms with Gasteiger partial charge in [-0.1, -0.05) is 18.6 Å². The van der Waals surface area contributed by atoms with Gasteiger partial charge in [0.2, 0.25) is 10.0 Å². The Morgan fingerprint density at radius 1 is 1.30 bits per heavy atom. The number of piperidine rings is 1. The van der Waals surface area contributed by atoms with Crippen LogP contribution < -0.4 is 5.32 Å². The Balaban J connectivity index is 2.13. The monoisotopic (exact) mass is 300 g/mol. The lowest BCUT2D eigenvalue weighted by Gasteiger charge is -2.34. The molecule has 0 amide bonds. The minimum atomic E-state index is -3.35. The number of hydrogen-bond donors (Lipinski definition) is 1. The van der Waals surface area contributed by atoms with Gasteiger partial charge in [0.1, 0.15) is 5.82 Å². The first kappa shape index (κ1) is 15.4. The highest BCUT2D eigenvalue weighted by Crippen LogP contribution is 2.22. The van der Waals surface area contributed by atoms with E-state index >= 15 is 0 Å². The average Bonchev–Trinajstić information content (AvgIpc) is 2.42. The lowest BCUT2D eigenvalue weighted by atomic mass is 10.1. The first-order valence-electron chi connectivity index (χ1n) is 6.91. The molecule has 1 heterocycles. The summed E-state index contributed by atoms with van der Waals surface area (Å²) in [4.78, 5) is 0. The maximum absolute atomic E-state index is 12.9. The molecule has 0 radical (unpaired) electrons. The van der Waals surface area contributed by atoms with Crippen LogP contribution in [0.2, 0.25) is 0 Å². The Labute approximate surface area is 120 Å². The molecule has 1 N–H and O–H groups in total. The zero-order chi connectivity index (χ0) is 14.6. The van der Waals surface area contributed by atoms with E-state index in [2.05, 4.69) is 5.32 Å². The van der Waals surface area contributed by atoms with E-state index in [0.717, 1.165) is 19.3 Å². The lowest BCUT2D eigenvalue weighted by Crippen LogP contribution is -2.48. The summed E-state index contributed by atoms with van der Waals surface area (Å²) in [6.07, 6.45) is 2.86. The summed E-state index contributed by atoms with van der Waals surface area (Å²) in [6.45, 7) is 1.25. The van der Waals surface area contributed by atoms with Crippen LogP contribution in [0.25, 0.3) is 0 Å². The fraction of sp³-hybridized carbons (Fsp3) is 0.571. The SMILES string of the molecule is CNCC1CCCCN1S(=O)(=O)Cc1ccc(F)cc1. The predicted octanol–water partition coefficient (Wildman–Crippen LogP) is 1.73. The summed E-state index contributed by atoms with van der Waals surface area (Å²) in [5.41, 5.74) is 0.625. The third-order valence-electron chi connectivity index (χ3n) is 3.63. The van der Waals surface area contributed by atoms with Gasteiger partial charge >= 0.3 is 0 Å². The zero-order valence-corrected chi connectivity index (χ0v) is 12.5. The number of benzene rings is 1. The summed E-state index contributed by atoms with van der Waals surface area (Å²) in [5, 5.41) is 3.06. The van der Waals surface area contributed by atoms with Crippen molar-refractivity contribution in [1.82, 2.24) is 9.62 Å². The predicted molar refractivity (Wildman–Crippen MR) is 77.3 cm³/mol. The lowest BCUT2D eigenvalue weighted by molar-refractivity contribution is 0.248. The molecule has 1 aliphatic heterocycles. The molecule has 0 aromatic heterocycles. The largest absolute Gasteiger partial charge is 0.318 e. The molecule has 1 fully saturated rings. The summed E-state index contributed by atoms with van der Waals surface area (Å²) in [7, 11) is -1.52. The fourth-order valence-electron chi connectivity index (χ4n) is 2.65. The molecule has 0 aliphatic carbocycles. The number of hydrogen-bond acceptors (Lipinski definition) is 3. The third kappa shape index (κ3) is 3.77. The number of sulfonamides is 1. The molecule has 0 spiro atoms. The van der Waals surface area contributed by atoms with Gasteiger partial charge < -0.3 is 5.32 Å². The highest BCUT2D eigenvalue weighted by molar-refractivity contribution is 7.88. The van der Waals surface area contributed by atoms with Crippen molar-refractivity contribution in [3.05, 3.63) is 35.6 Å². The topological polar surface area (TPSA) is 49.4 Å². The summed E-state index contributed by atoms with van der Waals surface area (Å²) < 4.78 is 39.5. The van der Waals surface area contributed by atoms with Gasteiger partial charge in [-0.2, -0.15) is 4.31 Å². The second kappa shape index (κ2) is 6.65. The summed E-state index contributed by atoms with van der Waals surface area (Å²) >= 11 is 0. The van der Waals surface area contributed by atoms with Gasteiger partial charge in [-0.05, 0) is 37.6 Å². The first-order chi connectivity index (χ1) is 9.53. The van der Waals surface area contributed by atoms with Crippen LogP contribution in [0.1, 0.15) is 24.8 Å². The third-order valence-corrected chi connectivity index (χ3v) is 5.53. The molecule has 2 rings (SSSR count). The van der Waals surface area contributed by atoms with Crippen LogP contribution in [0.5, 0.6) is 0 Å². The van der Waals surface area contributed by atoms with E-state index in [0.29, 0.717) is 18.7 Å². The van der Waals surface area contributed by atoms with E-state index in [1.54, 1.807) is 4.31 Å². The normalized spacial score (nSPS) is 21.0. The molecule has 1 aromatic rings. The van der Waals surface area contributed by atoms with Crippen LogP contribution in [0.3, 0.4) is 0 Å². The van der Waals surface area contributed by atoms with Gasteiger partial charge in [-0.25, -0.2) is 12.8 Å². The molecule has 4 nitrogen and oxygen atoms in total. The van der Waals surface area contributed by atoms with Gasteiger partial charge in [0.25, 0.3) is 0 Å². The number of rotatable bonds is 5. The average molecular weight is 300 g/mol. The van der Waals surface area contributed by atoms with E-state index in [1.165, 1.54) is 24.3 Å². The molecule has 20 heavy (non-hydrogen) atoms. The maximum Gasteiger partial charge on any atom is 0.218 e. The van der Waals surface area contributed by atoms with Crippen molar-refractivity contribution in [3.63, 3.8) is 0 Å². The summed E-state index contributed by atoms with van der Waals surface area (Å²) in [5.74, 6) is -0.412. The van der Waals surface area contributed by atoms with Crippen molar-refractivity contribution in [2.75, 3.05) is 20.1 Å². The number of nitrogens with zero attached hydrogens (tertiary/aromatic N) is 1. The van der Waals surface area contributed by atoms with Crippen LogP contribution in [-0.4, -0.2) is 38.9 Å². The molecule has 1 aromatic carbocycles. The Morgan fingerprint density at radius 3 is 2.65 bits per heavy atom. The van der Waals surface area contributed by atoms with Crippen molar-refractivity contribution in [3.8, 4) is 0 Å². The number of halogens is 1. The zero-order valence-electron chi connectivity index (χ0n) is 11.7. The molecular formula is C14H21FN2O2S. The molecule has 1 aliphatic rings. The van der Waals surface area contributed by atoms with E-state index < -0.39 is 10.0 Å². The van der Waals surface area contributed by atoms with Crippen molar-refractivity contribution < 1.29 is 12.8 Å². The summed E-state index contributed by atoms with van der Waals surface area (Å²) in [6, 6.07) is 5.69. The van der Waals surface area contributed by atoms with Crippen molar-refractivity contribution in [2.45, 2.75) is 31.1 Å². The molecule has 1 unspecified atom stereocenters. The van der Waals surface area contributed by atoms with Gasteiger partial charge in [0.15, 0.2) is 0 Å². The molecule has 6 heteroatoms. The number of nitrogens with one attached hydrogen (secondary N) is 1. The highest BCUT2D eigenvalue weighted by Gasteiger charge is 2.31.